The van der Waals surface area contributed by atoms with Crippen molar-refractivity contribution < 1.29 is 13.9 Å². The molecule has 0 bridgehead atoms. The van der Waals surface area contributed by atoms with E-state index in [1.807, 2.05) is 17.5 Å². The predicted octanol–water partition coefficient (Wildman–Crippen LogP) is 4.44. The third-order valence-corrected chi connectivity index (χ3v) is 4.61. The zero-order valence-electron chi connectivity index (χ0n) is 13.6. The van der Waals surface area contributed by atoms with Gasteiger partial charge in [0.15, 0.2) is 0 Å². The van der Waals surface area contributed by atoms with Gasteiger partial charge in [0.2, 0.25) is 0 Å². The number of carbonyl (C=O) groups is 1. The van der Waals surface area contributed by atoms with Crippen LogP contribution in [0.4, 0.5) is 4.39 Å². The van der Waals surface area contributed by atoms with Crippen LogP contribution in [0.2, 0.25) is 0 Å². The van der Waals surface area contributed by atoms with E-state index in [1.54, 1.807) is 41.7 Å². The zero-order valence-corrected chi connectivity index (χ0v) is 14.4. The van der Waals surface area contributed by atoms with Crippen LogP contribution in [0.3, 0.4) is 0 Å². The Bertz CT molecular complexity index is 816. The van der Waals surface area contributed by atoms with Crippen LogP contribution in [0, 0.1) is 5.82 Å². The Labute approximate surface area is 150 Å². The van der Waals surface area contributed by atoms with E-state index >= 15 is 0 Å². The molecule has 0 unspecified atom stereocenters. The molecule has 3 aromatic rings. The van der Waals surface area contributed by atoms with Crippen LogP contribution < -0.4 is 10.1 Å². The van der Waals surface area contributed by atoms with E-state index in [1.165, 1.54) is 17.0 Å². The topological polar surface area (TPSA) is 38.3 Å². The molecule has 1 N–H and O–H groups in total. The molecule has 5 heteroatoms. The Morgan fingerprint density at radius 2 is 1.84 bits per heavy atom. The molecule has 0 aliphatic rings. The SMILES string of the molecule is O=C(NCCc1cccs1)c1ccccc1OCc1ccc(F)cc1. The van der Waals surface area contributed by atoms with E-state index in [0.29, 0.717) is 17.9 Å². The number of nitrogens with one attached hydrogen (secondary N) is 1. The Morgan fingerprint density at radius 3 is 2.60 bits per heavy atom. The molecule has 25 heavy (non-hydrogen) atoms. The molecule has 1 amide bonds. The number of para-hydroxylation sites is 1. The normalized spacial score (nSPS) is 10.4. The van der Waals surface area contributed by atoms with Crippen molar-refractivity contribution in [2.24, 2.45) is 0 Å². The molecule has 0 spiro atoms. The quantitative estimate of drug-likeness (QED) is 0.680. The van der Waals surface area contributed by atoms with E-state index in [2.05, 4.69) is 11.4 Å². The molecule has 3 nitrogen and oxygen atoms in total. The number of hydrogen-bond acceptors (Lipinski definition) is 3. The predicted molar refractivity (Wildman–Crippen MR) is 97.5 cm³/mol. The Balaban J connectivity index is 1.59. The molecule has 0 radical (unpaired) electrons. The van der Waals surface area contributed by atoms with Gasteiger partial charge in [-0.1, -0.05) is 30.3 Å². The molecule has 0 aliphatic heterocycles. The van der Waals surface area contributed by atoms with Crippen molar-refractivity contribution >= 4 is 17.2 Å². The summed E-state index contributed by atoms with van der Waals surface area (Å²) >= 11 is 1.68. The summed E-state index contributed by atoms with van der Waals surface area (Å²) in [5.74, 6) is 0.0704. The molecule has 1 aromatic heterocycles. The molecule has 0 fully saturated rings. The van der Waals surface area contributed by atoms with Crippen LogP contribution in [0.5, 0.6) is 5.75 Å². The minimum absolute atomic E-state index is 0.161. The molecule has 3 rings (SSSR count). The lowest BCUT2D eigenvalue weighted by atomic mass is 10.2. The van der Waals surface area contributed by atoms with Crippen LogP contribution in [0.15, 0.2) is 66.0 Å². The average molecular weight is 355 g/mol. The summed E-state index contributed by atoms with van der Waals surface area (Å²) in [6.45, 7) is 0.853. The Morgan fingerprint density at radius 1 is 1.04 bits per heavy atom. The smallest absolute Gasteiger partial charge is 0.255 e. The highest BCUT2D eigenvalue weighted by Crippen LogP contribution is 2.19. The van der Waals surface area contributed by atoms with Gasteiger partial charge in [0, 0.05) is 11.4 Å². The van der Waals surface area contributed by atoms with Gasteiger partial charge in [-0.15, -0.1) is 11.3 Å². The van der Waals surface area contributed by atoms with Crippen LogP contribution in [0.25, 0.3) is 0 Å². The van der Waals surface area contributed by atoms with E-state index in [4.69, 9.17) is 4.74 Å². The average Bonchev–Trinajstić information content (AvgIpc) is 3.15. The number of hydrogen-bond donors (Lipinski definition) is 1. The number of amides is 1. The van der Waals surface area contributed by atoms with Crippen molar-refractivity contribution in [2.75, 3.05) is 6.54 Å². The van der Waals surface area contributed by atoms with Gasteiger partial charge in [0.1, 0.15) is 18.2 Å². The minimum Gasteiger partial charge on any atom is -0.488 e. The third-order valence-electron chi connectivity index (χ3n) is 3.68. The Kier molecular flexibility index (Phi) is 5.80. The second kappa shape index (κ2) is 8.44. The van der Waals surface area contributed by atoms with Gasteiger partial charge in [-0.05, 0) is 47.7 Å². The van der Waals surface area contributed by atoms with E-state index in [-0.39, 0.29) is 18.3 Å². The first-order chi connectivity index (χ1) is 12.2. The first-order valence-electron chi connectivity index (χ1n) is 7.99. The zero-order chi connectivity index (χ0) is 17.5. The van der Waals surface area contributed by atoms with Crippen LogP contribution >= 0.6 is 11.3 Å². The van der Waals surface area contributed by atoms with Crippen molar-refractivity contribution in [1.29, 1.82) is 0 Å². The fourth-order valence-corrected chi connectivity index (χ4v) is 3.08. The number of halogens is 1. The largest absolute Gasteiger partial charge is 0.488 e. The lowest BCUT2D eigenvalue weighted by molar-refractivity contribution is 0.0949. The van der Waals surface area contributed by atoms with Crippen LogP contribution in [-0.4, -0.2) is 12.5 Å². The van der Waals surface area contributed by atoms with E-state index < -0.39 is 0 Å². The fraction of sp³-hybridized carbons (Fsp3) is 0.150. The van der Waals surface area contributed by atoms with Gasteiger partial charge < -0.3 is 10.1 Å². The Hall–Kier alpha value is -2.66. The summed E-state index contributed by atoms with van der Waals surface area (Å²) in [5, 5.41) is 4.94. The molecule has 0 atom stereocenters. The van der Waals surface area contributed by atoms with Gasteiger partial charge in [0.25, 0.3) is 5.91 Å². The van der Waals surface area contributed by atoms with Crippen molar-refractivity contribution in [1.82, 2.24) is 5.32 Å². The summed E-state index contributed by atoms with van der Waals surface area (Å²) in [5.41, 5.74) is 1.34. The summed E-state index contributed by atoms with van der Waals surface area (Å²) in [4.78, 5) is 13.6. The second-order valence-electron chi connectivity index (χ2n) is 5.50. The highest BCUT2D eigenvalue weighted by atomic mass is 32.1. The second-order valence-corrected chi connectivity index (χ2v) is 6.53. The molecule has 0 aliphatic carbocycles. The summed E-state index contributed by atoms with van der Waals surface area (Å²) in [6, 6.07) is 17.3. The van der Waals surface area contributed by atoms with E-state index in [9.17, 15) is 9.18 Å². The van der Waals surface area contributed by atoms with Crippen molar-refractivity contribution in [3.05, 3.63) is 87.9 Å². The molecular weight excluding hydrogens is 337 g/mol. The van der Waals surface area contributed by atoms with Crippen molar-refractivity contribution in [3.8, 4) is 5.75 Å². The van der Waals surface area contributed by atoms with Gasteiger partial charge in [-0.2, -0.15) is 0 Å². The van der Waals surface area contributed by atoms with Gasteiger partial charge in [-0.25, -0.2) is 4.39 Å². The van der Waals surface area contributed by atoms with Crippen molar-refractivity contribution in [3.63, 3.8) is 0 Å². The van der Waals surface area contributed by atoms with Crippen molar-refractivity contribution in [2.45, 2.75) is 13.0 Å². The summed E-state index contributed by atoms with van der Waals surface area (Å²) < 4.78 is 18.7. The maximum Gasteiger partial charge on any atom is 0.255 e. The highest BCUT2D eigenvalue weighted by molar-refractivity contribution is 7.09. The summed E-state index contributed by atoms with van der Waals surface area (Å²) in [7, 11) is 0. The molecule has 2 aromatic carbocycles. The van der Waals surface area contributed by atoms with Gasteiger partial charge in [0.05, 0.1) is 5.56 Å². The maximum atomic E-state index is 12.9. The molecule has 1 heterocycles. The molecular formula is C20H18FNO2S. The van der Waals surface area contributed by atoms with Gasteiger partial charge >= 0.3 is 0 Å². The molecule has 0 saturated heterocycles. The first kappa shape index (κ1) is 17.2. The number of carbonyl (C=O) groups excluding carboxylic acids is 1. The van der Waals surface area contributed by atoms with Crippen LogP contribution in [-0.2, 0) is 13.0 Å². The number of thiophene rings is 1. The standard InChI is InChI=1S/C20H18FNO2S/c21-16-9-7-15(8-10-16)14-24-19-6-2-1-5-18(19)20(23)22-12-11-17-4-3-13-25-17/h1-10,13H,11-12,14H2,(H,22,23). The number of rotatable bonds is 7. The fourth-order valence-electron chi connectivity index (χ4n) is 2.37. The summed E-state index contributed by atoms with van der Waals surface area (Å²) in [6.07, 6.45) is 0.808. The number of benzene rings is 2. The maximum absolute atomic E-state index is 12.9. The first-order valence-corrected chi connectivity index (χ1v) is 8.87. The third kappa shape index (κ3) is 4.90. The molecule has 128 valence electrons. The van der Waals surface area contributed by atoms with Gasteiger partial charge in [-0.3, -0.25) is 4.79 Å². The highest BCUT2D eigenvalue weighted by Gasteiger charge is 2.12. The monoisotopic (exact) mass is 355 g/mol. The van der Waals surface area contributed by atoms with Crippen LogP contribution in [0.1, 0.15) is 20.8 Å². The lowest BCUT2D eigenvalue weighted by Gasteiger charge is -2.11. The van der Waals surface area contributed by atoms with E-state index in [0.717, 1.165) is 12.0 Å². The molecule has 0 saturated carbocycles. The minimum atomic E-state index is -0.283. The number of ether oxygens (including phenoxy) is 1. The lowest BCUT2D eigenvalue weighted by Crippen LogP contribution is -2.26.